The average molecular weight is 436 g/mol. The van der Waals surface area contributed by atoms with Crippen molar-refractivity contribution in [1.29, 1.82) is 0 Å². The minimum absolute atomic E-state index is 0.275. The Bertz CT molecular complexity index is 565. The number of halogens is 2. The van der Waals surface area contributed by atoms with E-state index in [0.717, 1.165) is 0 Å². The molecular weight excluding hydrogens is 421 g/mol. The van der Waals surface area contributed by atoms with Gasteiger partial charge >= 0.3 is 0 Å². The molecule has 0 saturated heterocycles. The van der Waals surface area contributed by atoms with Crippen molar-refractivity contribution < 1.29 is 0 Å². The quantitative estimate of drug-likeness (QED) is 0.666. The third-order valence-electron chi connectivity index (χ3n) is 3.07. The molecule has 1 heterocycles. The Balaban J connectivity index is 2.48. The maximum Gasteiger partial charge on any atom is 0.0656 e. The molecule has 1 atom stereocenters. The fourth-order valence-electron chi connectivity index (χ4n) is 2.09. The number of benzene rings is 1. The van der Waals surface area contributed by atoms with E-state index < -0.39 is 0 Å². The highest BCUT2D eigenvalue weighted by Crippen LogP contribution is 2.31. The first kappa shape index (κ1) is 14.5. The third kappa shape index (κ3) is 2.98. The number of aryl methyl sites for hydroxylation is 2. The minimum atomic E-state index is 0.275. The molecule has 0 aliphatic heterocycles. The fourth-order valence-corrected chi connectivity index (χ4v) is 3.95. The average Bonchev–Trinajstić information content (AvgIpc) is 2.73. The van der Waals surface area contributed by atoms with E-state index in [1.54, 1.807) is 11.3 Å². The molecule has 0 amide bonds. The number of nitrogens with one attached hydrogen (secondary N) is 1. The van der Waals surface area contributed by atoms with Gasteiger partial charge in [-0.3, -0.25) is 0 Å². The van der Waals surface area contributed by atoms with Crippen molar-refractivity contribution >= 4 is 49.9 Å². The summed E-state index contributed by atoms with van der Waals surface area (Å²) in [7, 11) is 2.02. The van der Waals surface area contributed by atoms with Crippen molar-refractivity contribution in [2.45, 2.75) is 19.9 Å². The van der Waals surface area contributed by atoms with Crippen molar-refractivity contribution in [1.82, 2.24) is 5.32 Å². The monoisotopic (exact) mass is 435 g/mol. The van der Waals surface area contributed by atoms with Crippen LogP contribution in [0.2, 0.25) is 0 Å². The number of hydrogen-bond acceptors (Lipinski definition) is 2. The van der Waals surface area contributed by atoms with Crippen LogP contribution in [0.5, 0.6) is 0 Å². The lowest BCUT2D eigenvalue weighted by Crippen LogP contribution is -2.18. The zero-order valence-corrected chi connectivity index (χ0v) is 15.1. The summed E-state index contributed by atoms with van der Waals surface area (Å²) in [5, 5.41) is 5.66. The van der Waals surface area contributed by atoms with Crippen molar-refractivity contribution in [3.8, 4) is 0 Å². The molecule has 1 aromatic carbocycles. The third-order valence-corrected chi connectivity index (χ3v) is 5.73. The van der Waals surface area contributed by atoms with Gasteiger partial charge in [0.2, 0.25) is 0 Å². The van der Waals surface area contributed by atoms with Crippen LogP contribution in [0.3, 0.4) is 0 Å². The Kier molecular flexibility index (Phi) is 4.86. The summed E-state index contributed by atoms with van der Waals surface area (Å²) in [6.45, 7) is 4.30. The lowest BCUT2D eigenvalue weighted by atomic mass is 9.95. The molecular formula is C14H15BrINS. The second-order valence-electron chi connectivity index (χ2n) is 4.36. The van der Waals surface area contributed by atoms with Crippen LogP contribution in [0.25, 0.3) is 0 Å². The van der Waals surface area contributed by atoms with Crippen molar-refractivity contribution in [3.63, 3.8) is 0 Å². The van der Waals surface area contributed by atoms with Crippen LogP contribution in [0.15, 0.2) is 28.1 Å². The van der Waals surface area contributed by atoms with Gasteiger partial charge in [-0.25, -0.2) is 0 Å². The fraction of sp³-hybridized carbons (Fsp3) is 0.286. The first-order valence-electron chi connectivity index (χ1n) is 5.70. The molecule has 0 spiro atoms. The predicted molar refractivity (Wildman–Crippen MR) is 91.6 cm³/mol. The molecule has 2 rings (SSSR count). The van der Waals surface area contributed by atoms with E-state index in [-0.39, 0.29) is 6.04 Å². The van der Waals surface area contributed by atoms with Crippen LogP contribution in [-0.4, -0.2) is 7.05 Å². The van der Waals surface area contributed by atoms with Gasteiger partial charge in [-0.05, 0) is 83.3 Å². The van der Waals surface area contributed by atoms with Gasteiger partial charge in [0, 0.05) is 4.47 Å². The maximum absolute atomic E-state index is 3.59. The van der Waals surface area contributed by atoms with Gasteiger partial charge in [0.25, 0.3) is 0 Å². The molecule has 0 aliphatic rings. The molecule has 18 heavy (non-hydrogen) atoms. The lowest BCUT2D eigenvalue weighted by molar-refractivity contribution is 0.689. The van der Waals surface area contributed by atoms with Crippen molar-refractivity contribution in [2.75, 3.05) is 7.05 Å². The summed E-state index contributed by atoms with van der Waals surface area (Å²) in [4.78, 5) is 0. The number of thiophene rings is 1. The molecule has 1 unspecified atom stereocenters. The van der Waals surface area contributed by atoms with Crippen LogP contribution in [-0.2, 0) is 0 Å². The second-order valence-corrected chi connectivity index (χ2v) is 8.02. The molecule has 1 aromatic heterocycles. The van der Waals surface area contributed by atoms with Crippen LogP contribution in [0.1, 0.15) is 28.3 Å². The summed E-state index contributed by atoms with van der Waals surface area (Å²) in [5.74, 6) is 0. The summed E-state index contributed by atoms with van der Waals surface area (Å²) in [6.07, 6.45) is 0. The largest absolute Gasteiger partial charge is 0.309 e. The first-order chi connectivity index (χ1) is 8.52. The van der Waals surface area contributed by atoms with E-state index in [0.29, 0.717) is 0 Å². The van der Waals surface area contributed by atoms with Gasteiger partial charge in [0.05, 0.1) is 8.93 Å². The highest BCUT2D eigenvalue weighted by molar-refractivity contribution is 14.1. The van der Waals surface area contributed by atoms with E-state index in [4.69, 9.17) is 0 Å². The van der Waals surface area contributed by atoms with E-state index in [1.807, 2.05) is 7.05 Å². The van der Waals surface area contributed by atoms with Gasteiger partial charge < -0.3 is 5.32 Å². The zero-order valence-electron chi connectivity index (χ0n) is 10.6. The molecule has 0 saturated carbocycles. The van der Waals surface area contributed by atoms with Crippen LogP contribution in [0.4, 0.5) is 0 Å². The molecule has 2 aromatic rings. The van der Waals surface area contributed by atoms with E-state index in [9.17, 15) is 0 Å². The van der Waals surface area contributed by atoms with Crippen LogP contribution in [0, 0.1) is 16.7 Å². The Morgan fingerprint density at radius 2 is 1.94 bits per heavy atom. The molecule has 4 heteroatoms. The van der Waals surface area contributed by atoms with Gasteiger partial charge in [0.15, 0.2) is 0 Å². The molecule has 0 aliphatic carbocycles. The summed E-state index contributed by atoms with van der Waals surface area (Å²) < 4.78 is 2.51. The summed E-state index contributed by atoms with van der Waals surface area (Å²) in [5.41, 5.74) is 5.29. The topological polar surface area (TPSA) is 12.0 Å². The SMILES string of the molecule is CNC(c1csc(I)c1)c1cc(C)c(Br)cc1C. The molecule has 0 radical (unpaired) electrons. The van der Waals surface area contributed by atoms with Crippen LogP contribution < -0.4 is 5.32 Å². The first-order valence-corrected chi connectivity index (χ1v) is 8.46. The highest BCUT2D eigenvalue weighted by Gasteiger charge is 2.16. The van der Waals surface area contributed by atoms with Gasteiger partial charge in [-0.2, -0.15) is 0 Å². The maximum atomic E-state index is 3.59. The van der Waals surface area contributed by atoms with Gasteiger partial charge in [0.1, 0.15) is 0 Å². The molecule has 0 fully saturated rings. The van der Waals surface area contributed by atoms with E-state index >= 15 is 0 Å². The predicted octanol–water partition coefficient (Wildman–Crippen LogP) is 5.04. The Morgan fingerprint density at radius 1 is 1.22 bits per heavy atom. The normalized spacial score (nSPS) is 12.7. The molecule has 0 bridgehead atoms. The summed E-state index contributed by atoms with van der Waals surface area (Å²) in [6, 6.07) is 7.00. The van der Waals surface area contributed by atoms with Crippen LogP contribution >= 0.6 is 49.9 Å². The highest BCUT2D eigenvalue weighted by atomic mass is 127. The Labute approximate surface area is 134 Å². The minimum Gasteiger partial charge on any atom is -0.309 e. The Morgan fingerprint density at radius 3 is 2.50 bits per heavy atom. The zero-order chi connectivity index (χ0) is 13.3. The van der Waals surface area contributed by atoms with Crippen molar-refractivity contribution in [2.24, 2.45) is 0 Å². The smallest absolute Gasteiger partial charge is 0.0656 e. The number of hydrogen-bond donors (Lipinski definition) is 1. The number of rotatable bonds is 3. The second kappa shape index (κ2) is 6.03. The molecule has 1 nitrogen and oxygen atoms in total. The Hall–Kier alpha value is 0.0900. The van der Waals surface area contributed by atoms with Gasteiger partial charge in [-0.1, -0.05) is 22.0 Å². The molecule has 96 valence electrons. The van der Waals surface area contributed by atoms with E-state index in [2.05, 4.69) is 81.3 Å². The van der Waals surface area contributed by atoms with Crippen molar-refractivity contribution in [3.05, 3.63) is 53.2 Å². The lowest BCUT2D eigenvalue weighted by Gasteiger charge is -2.19. The van der Waals surface area contributed by atoms with Gasteiger partial charge in [-0.15, -0.1) is 11.3 Å². The standard InChI is InChI=1S/C14H15BrINS/c1-8-5-12(15)9(2)4-11(8)14(17-3)10-6-13(16)18-7-10/h4-7,14,17H,1-3H3. The van der Waals surface area contributed by atoms with E-state index in [1.165, 1.54) is 29.6 Å². The molecule has 1 N–H and O–H groups in total. The summed E-state index contributed by atoms with van der Waals surface area (Å²) >= 11 is 7.76.